The maximum Gasteiger partial charge on any atom is 0.254 e. The van der Waals surface area contributed by atoms with Crippen LogP contribution >= 0.6 is 0 Å². The molecule has 3 N–H and O–H groups in total. The number of morpholine rings is 1. The molecule has 0 spiro atoms. The van der Waals surface area contributed by atoms with E-state index in [0.717, 1.165) is 5.56 Å². The maximum atomic E-state index is 12.7. The smallest absolute Gasteiger partial charge is 0.254 e. The molecule has 1 heterocycles. The fourth-order valence-electron chi connectivity index (χ4n) is 2.60. The molecule has 5 heteroatoms. The molecule has 1 aromatic rings. The first-order valence-corrected chi connectivity index (χ1v) is 6.77. The molecule has 1 fully saturated rings. The standard InChI is InChI=1S/C15H22N2O3/c1-10-12(5-4-6-13(10)16)14(19)17-7-11(8-18)20-15(2,3)9-17/h4-6,11,18H,7-9,16H2,1-3H3. The van der Waals surface area contributed by atoms with Crippen LogP contribution in [0.2, 0.25) is 0 Å². The molecule has 1 amide bonds. The van der Waals surface area contributed by atoms with Crippen molar-refractivity contribution in [3.05, 3.63) is 29.3 Å². The first kappa shape index (κ1) is 14.8. The number of nitrogens with zero attached hydrogens (tertiary/aromatic N) is 1. The number of hydrogen-bond donors (Lipinski definition) is 2. The Morgan fingerprint density at radius 3 is 2.90 bits per heavy atom. The van der Waals surface area contributed by atoms with Gasteiger partial charge >= 0.3 is 0 Å². The van der Waals surface area contributed by atoms with Crippen LogP contribution in [0.4, 0.5) is 5.69 Å². The number of nitrogen functional groups attached to an aromatic ring is 1. The van der Waals surface area contributed by atoms with Crippen LogP contribution in [0.1, 0.15) is 29.8 Å². The molecule has 0 bridgehead atoms. The van der Waals surface area contributed by atoms with Crippen LogP contribution in [-0.2, 0) is 4.74 Å². The molecule has 1 aliphatic heterocycles. The van der Waals surface area contributed by atoms with Gasteiger partial charge < -0.3 is 20.5 Å². The lowest BCUT2D eigenvalue weighted by Gasteiger charge is -2.42. The zero-order valence-corrected chi connectivity index (χ0v) is 12.2. The minimum Gasteiger partial charge on any atom is -0.398 e. The van der Waals surface area contributed by atoms with E-state index in [9.17, 15) is 9.90 Å². The molecule has 1 saturated heterocycles. The lowest BCUT2D eigenvalue weighted by Crippen LogP contribution is -2.55. The third-order valence-electron chi connectivity index (χ3n) is 3.58. The SMILES string of the molecule is Cc1c(N)cccc1C(=O)N1CC(CO)OC(C)(C)C1. The van der Waals surface area contributed by atoms with Gasteiger partial charge in [-0.1, -0.05) is 6.07 Å². The molecule has 0 saturated carbocycles. The summed E-state index contributed by atoms with van der Waals surface area (Å²) in [6, 6.07) is 5.35. The predicted octanol–water partition coefficient (Wildman–Crippen LogP) is 1.19. The summed E-state index contributed by atoms with van der Waals surface area (Å²) in [5, 5.41) is 9.31. The number of amides is 1. The number of nitrogens with two attached hydrogens (primary N) is 1. The lowest BCUT2D eigenvalue weighted by atomic mass is 10.0. The van der Waals surface area contributed by atoms with Gasteiger partial charge in [0.15, 0.2) is 0 Å². The van der Waals surface area contributed by atoms with Gasteiger partial charge in [0, 0.05) is 24.3 Å². The number of hydrogen-bond acceptors (Lipinski definition) is 4. The number of rotatable bonds is 2. The Morgan fingerprint density at radius 1 is 1.55 bits per heavy atom. The number of aliphatic hydroxyl groups is 1. The topological polar surface area (TPSA) is 75.8 Å². The highest BCUT2D eigenvalue weighted by molar-refractivity contribution is 5.97. The highest BCUT2D eigenvalue weighted by Crippen LogP contribution is 2.24. The highest BCUT2D eigenvalue weighted by Gasteiger charge is 2.35. The van der Waals surface area contributed by atoms with Crippen LogP contribution in [0.3, 0.4) is 0 Å². The summed E-state index contributed by atoms with van der Waals surface area (Å²) >= 11 is 0. The Bertz CT molecular complexity index is 514. The zero-order chi connectivity index (χ0) is 14.9. The third-order valence-corrected chi connectivity index (χ3v) is 3.58. The van der Waals surface area contributed by atoms with Gasteiger partial charge in [-0.25, -0.2) is 0 Å². The van der Waals surface area contributed by atoms with Gasteiger partial charge in [0.1, 0.15) is 0 Å². The summed E-state index contributed by atoms with van der Waals surface area (Å²) < 4.78 is 5.72. The Labute approximate surface area is 119 Å². The van der Waals surface area contributed by atoms with Gasteiger partial charge in [-0.05, 0) is 38.5 Å². The minimum atomic E-state index is -0.463. The number of carbonyl (C=O) groups is 1. The molecule has 1 atom stereocenters. The lowest BCUT2D eigenvalue weighted by molar-refractivity contribution is -0.139. The van der Waals surface area contributed by atoms with E-state index in [1.807, 2.05) is 20.8 Å². The van der Waals surface area contributed by atoms with Crippen molar-refractivity contribution in [2.75, 3.05) is 25.4 Å². The van der Waals surface area contributed by atoms with E-state index >= 15 is 0 Å². The Morgan fingerprint density at radius 2 is 2.25 bits per heavy atom. The van der Waals surface area contributed by atoms with Gasteiger partial charge in [0.2, 0.25) is 0 Å². The molecule has 0 radical (unpaired) electrons. The van der Waals surface area contributed by atoms with E-state index in [0.29, 0.717) is 24.3 Å². The molecule has 1 unspecified atom stereocenters. The number of benzene rings is 1. The summed E-state index contributed by atoms with van der Waals surface area (Å²) in [4.78, 5) is 14.4. The zero-order valence-electron chi connectivity index (χ0n) is 12.2. The van der Waals surface area contributed by atoms with E-state index in [4.69, 9.17) is 10.5 Å². The van der Waals surface area contributed by atoms with Crippen molar-refractivity contribution >= 4 is 11.6 Å². The molecule has 1 aliphatic rings. The summed E-state index contributed by atoms with van der Waals surface area (Å²) in [5.74, 6) is -0.0652. The van der Waals surface area contributed by atoms with Crippen molar-refractivity contribution in [3.8, 4) is 0 Å². The average molecular weight is 278 g/mol. The van der Waals surface area contributed by atoms with Gasteiger partial charge in [-0.3, -0.25) is 4.79 Å². The number of ether oxygens (including phenoxy) is 1. The van der Waals surface area contributed by atoms with Crippen molar-refractivity contribution in [2.24, 2.45) is 0 Å². The normalized spacial score (nSPS) is 21.8. The molecule has 1 aromatic carbocycles. The van der Waals surface area contributed by atoms with Gasteiger partial charge in [-0.15, -0.1) is 0 Å². The van der Waals surface area contributed by atoms with Crippen LogP contribution < -0.4 is 5.73 Å². The van der Waals surface area contributed by atoms with Crippen molar-refractivity contribution < 1.29 is 14.6 Å². The molecular weight excluding hydrogens is 256 g/mol. The van der Waals surface area contributed by atoms with Gasteiger partial charge in [-0.2, -0.15) is 0 Å². The van der Waals surface area contributed by atoms with Crippen molar-refractivity contribution in [1.29, 1.82) is 0 Å². The molecule has 20 heavy (non-hydrogen) atoms. The highest BCUT2D eigenvalue weighted by atomic mass is 16.5. The Hall–Kier alpha value is -1.59. The Balaban J connectivity index is 2.26. The second-order valence-corrected chi connectivity index (χ2v) is 5.89. The van der Waals surface area contributed by atoms with Gasteiger partial charge in [0.25, 0.3) is 5.91 Å². The minimum absolute atomic E-state index is 0.0652. The molecule has 110 valence electrons. The quantitative estimate of drug-likeness (QED) is 0.797. The van der Waals surface area contributed by atoms with Crippen LogP contribution in [0.25, 0.3) is 0 Å². The predicted molar refractivity (Wildman–Crippen MR) is 77.5 cm³/mol. The van der Waals surface area contributed by atoms with Crippen molar-refractivity contribution in [3.63, 3.8) is 0 Å². The number of aliphatic hydroxyl groups excluding tert-OH is 1. The summed E-state index contributed by atoms with van der Waals surface area (Å²) in [6.45, 7) is 6.48. The Kier molecular flexibility index (Phi) is 4.01. The van der Waals surface area contributed by atoms with Crippen LogP contribution in [-0.4, -0.2) is 47.3 Å². The number of anilines is 1. The van der Waals surface area contributed by atoms with Crippen molar-refractivity contribution in [1.82, 2.24) is 4.90 Å². The first-order valence-electron chi connectivity index (χ1n) is 6.77. The largest absolute Gasteiger partial charge is 0.398 e. The van der Waals surface area contributed by atoms with E-state index in [1.54, 1.807) is 23.1 Å². The van der Waals surface area contributed by atoms with Crippen LogP contribution in [0.15, 0.2) is 18.2 Å². The van der Waals surface area contributed by atoms with E-state index in [1.165, 1.54) is 0 Å². The second-order valence-electron chi connectivity index (χ2n) is 5.89. The summed E-state index contributed by atoms with van der Waals surface area (Å²) in [6.07, 6.45) is -0.343. The molecule has 0 aromatic heterocycles. The van der Waals surface area contributed by atoms with E-state index in [-0.39, 0.29) is 18.6 Å². The third kappa shape index (κ3) is 2.94. The molecule has 0 aliphatic carbocycles. The average Bonchev–Trinajstić information content (AvgIpc) is 2.39. The number of carbonyl (C=O) groups excluding carboxylic acids is 1. The summed E-state index contributed by atoms with van der Waals surface area (Å²) in [5.41, 5.74) is 7.41. The fourth-order valence-corrected chi connectivity index (χ4v) is 2.60. The summed E-state index contributed by atoms with van der Waals surface area (Å²) in [7, 11) is 0. The second kappa shape index (κ2) is 5.42. The van der Waals surface area contributed by atoms with E-state index in [2.05, 4.69) is 0 Å². The first-order chi connectivity index (χ1) is 9.34. The van der Waals surface area contributed by atoms with Crippen LogP contribution in [0, 0.1) is 6.92 Å². The fraction of sp³-hybridized carbons (Fsp3) is 0.533. The van der Waals surface area contributed by atoms with E-state index < -0.39 is 5.60 Å². The monoisotopic (exact) mass is 278 g/mol. The molecule has 5 nitrogen and oxygen atoms in total. The molecule has 2 rings (SSSR count). The van der Waals surface area contributed by atoms with Crippen LogP contribution in [0.5, 0.6) is 0 Å². The van der Waals surface area contributed by atoms with Gasteiger partial charge in [0.05, 0.1) is 18.3 Å². The van der Waals surface area contributed by atoms with Crippen molar-refractivity contribution in [2.45, 2.75) is 32.5 Å². The maximum absolute atomic E-state index is 12.7. The molecular formula is C15H22N2O3.